The number of carbonyl (C=O) groups excluding carboxylic acids is 1. The van der Waals surface area contributed by atoms with Crippen LogP contribution in [0.15, 0.2) is 0 Å². The van der Waals surface area contributed by atoms with Gasteiger partial charge in [0.1, 0.15) is 5.60 Å². The first kappa shape index (κ1) is 12.4. The van der Waals surface area contributed by atoms with Gasteiger partial charge in [-0.3, -0.25) is 9.59 Å². The monoisotopic (exact) mass is 206 g/mol. The Balaban J connectivity index is 4.34. The highest BCUT2D eigenvalue weighted by Gasteiger charge is 2.35. The van der Waals surface area contributed by atoms with Crippen molar-refractivity contribution in [2.24, 2.45) is 0 Å². The zero-order valence-electron chi connectivity index (χ0n) is 7.49. The summed E-state index contributed by atoms with van der Waals surface area (Å²) < 4.78 is 0. The Morgan fingerprint density at radius 2 is 2.00 bits per heavy atom. The van der Waals surface area contributed by atoms with Crippen molar-refractivity contribution in [3.63, 3.8) is 0 Å². The van der Waals surface area contributed by atoms with Crippen LogP contribution in [0.2, 0.25) is 0 Å². The van der Waals surface area contributed by atoms with Gasteiger partial charge < -0.3 is 10.2 Å². The Morgan fingerprint density at radius 3 is 2.31 bits per heavy atom. The lowest BCUT2D eigenvalue weighted by Crippen LogP contribution is -2.38. The fourth-order valence-electron chi connectivity index (χ4n) is 0.990. The number of carboxylic acid groups (broad SMARTS) is 1. The summed E-state index contributed by atoms with van der Waals surface area (Å²) >= 11 is 3.47. The Kier molecular flexibility index (Phi) is 5.02. The van der Waals surface area contributed by atoms with Crippen LogP contribution < -0.4 is 0 Å². The van der Waals surface area contributed by atoms with Gasteiger partial charge >= 0.3 is 5.97 Å². The molecule has 0 aliphatic carbocycles. The topological polar surface area (TPSA) is 74.6 Å². The zero-order valence-corrected chi connectivity index (χ0v) is 8.38. The summed E-state index contributed by atoms with van der Waals surface area (Å²) in [5, 5.41) is 17.3. The van der Waals surface area contributed by atoms with E-state index in [9.17, 15) is 14.7 Å². The highest BCUT2D eigenvalue weighted by molar-refractivity contribution is 7.96. The maximum atomic E-state index is 10.9. The molecule has 1 unspecified atom stereocenters. The third-order valence-electron chi connectivity index (χ3n) is 1.79. The molecular formula is C8H14O4S. The molecule has 76 valence electrons. The van der Waals surface area contributed by atoms with E-state index >= 15 is 0 Å². The second-order valence-electron chi connectivity index (χ2n) is 3.01. The van der Waals surface area contributed by atoms with Crippen molar-refractivity contribution in [3.05, 3.63) is 0 Å². The molecule has 2 N–H and O–H groups in total. The average Bonchev–Trinajstić information content (AvgIpc) is 1.99. The molecule has 0 heterocycles. The van der Waals surface area contributed by atoms with E-state index < -0.39 is 23.1 Å². The summed E-state index contributed by atoms with van der Waals surface area (Å²) in [5.74, 6) is -1.19. The summed E-state index contributed by atoms with van der Waals surface area (Å²) in [5.41, 5.74) is -1.80. The van der Waals surface area contributed by atoms with Gasteiger partial charge in [0.05, 0.1) is 6.42 Å². The number of carboxylic acids is 1. The van der Waals surface area contributed by atoms with Gasteiger partial charge in [-0.2, -0.15) is 0 Å². The molecule has 0 amide bonds. The molecule has 0 aromatic heterocycles. The Hall–Kier alpha value is -0.550. The number of unbranched alkanes of at least 4 members (excludes halogenated alkanes) is 1. The highest BCUT2D eigenvalue weighted by Crippen LogP contribution is 2.21. The largest absolute Gasteiger partial charge is 0.481 e. The number of carbonyl (C=O) groups is 2. The molecular weight excluding hydrogens is 192 g/mol. The van der Waals surface area contributed by atoms with E-state index in [1.54, 1.807) is 0 Å². The van der Waals surface area contributed by atoms with Crippen molar-refractivity contribution < 1.29 is 19.8 Å². The maximum absolute atomic E-state index is 10.9. The van der Waals surface area contributed by atoms with E-state index in [1.165, 1.54) is 0 Å². The third-order valence-corrected chi connectivity index (χ3v) is 2.20. The van der Waals surface area contributed by atoms with E-state index in [0.29, 0.717) is 6.42 Å². The SMILES string of the molecule is CCCCC(O)(CC(=O)O)C(=O)S. The van der Waals surface area contributed by atoms with Crippen LogP contribution in [-0.4, -0.2) is 26.9 Å². The molecule has 0 saturated carbocycles. The first-order chi connectivity index (χ1) is 5.92. The van der Waals surface area contributed by atoms with Crippen LogP contribution in [-0.2, 0) is 9.59 Å². The summed E-state index contributed by atoms with van der Waals surface area (Å²) in [6, 6.07) is 0. The second kappa shape index (κ2) is 5.24. The van der Waals surface area contributed by atoms with Gasteiger partial charge in [-0.25, -0.2) is 0 Å². The molecule has 0 aromatic carbocycles. The van der Waals surface area contributed by atoms with Gasteiger partial charge in [-0.05, 0) is 6.42 Å². The van der Waals surface area contributed by atoms with Crippen LogP contribution in [0.1, 0.15) is 32.6 Å². The van der Waals surface area contributed by atoms with E-state index in [1.807, 2.05) is 6.92 Å². The molecule has 5 heteroatoms. The van der Waals surface area contributed by atoms with Gasteiger partial charge in [-0.1, -0.05) is 19.8 Å². The standard InChI is InChI=1S/C8H14O4S/c1-2-3-4-8(12,7(11)13)5-6(9)10/h12H,2-5H2,1H3,(H,9,10)(H,11,13). The molecule has 0 fully saturated rings. The lowest BCUT2D eigenvalue weighted by Gasteiger charge is -2.21. The number of rotatable bonds is 6. The number of hydrogen-bond donors (Lipinski definition) is 3. The molecule has 13 heavy (non-hydrogen) atoms. The van der Waals surface area contributed by atoms with Crippen LogP contribution in [0.4, 0.5) is 0 Å². The van der Waals surface area contributed by atoms with E-state index in [-0.39, 0.29) is 6.42 Å². The number of aliphatic carboxylic acids is 1. The number of thiol groups is 1. The maximum Gasteiger partial charge on any atom is 0.306 e. The second-order valence-corrected chi connectivity index (χ2v) is 3.42. The fraction of sp³-hybridized carbons (Fsp3) is 0.750. The van der Waals surface area contributed by atoms with Gasteiger partial charge in [-0.15, -0.1) is 12.6 Å². The van der Waals surface area contributed by atoms with Gasteiger partial charge in [0.15, 0.2) is 0 Å². The molecule has 0 rings (SSSR count). The molecule has 1 atom stereocenters. The normalized spacial score (nSPS) is 15.0. The Morgan fingerprint density at radius 1 is 1.46 bits per heavy atom. The predicted molar refractivity (Wildman–Crippen MR) is 50.7 cm³/mol. The van der Waals surface area contributed by atoms with Crippen LogP contribution >= 0.6 is 12.6 Å². The van der Waals surface area contributed by atoms with Crippen molar-refractivity contribution in [1.29, 1.82) is 0 Å². The molecule has 0 bridgehead atoms. The zero-order chi connectivity index (χ0) is 10.5. The highest BCUT2D eigenvalue weighted by atomic mass is 32.1. The van der Waals surface area contributed by atoms with Crippen LogP contribution in [0.5, 0.6) is 0 Å². The van der Waals surface area contributed by atoms with E-state index in [4.69, 9.17) is 5.11 Å². The smallest absolute Gasteiger partial charge is 0.306 e. The Bertz CT molecular complexity index is 204. The molecule has 0 radical (unpaired) electrons. The number of hydrogen-bond acceptors (Lipinski definition) is 3. The summed E-state index contributed by atoms with van der Waals surface area (Å²) in [7, 11) is 0. The van der Waals surface area contributed by atoms with Gasteiger partial charge in [0.25, 0.3) is 0 Å². The van der Waals surface area contributed by atoms with Gasteiger partial charge in [0.2, 0.25) is 5.12 Å². The van der Waals surface area contributed by atoms with Crippen LogP contribution in [0.3, 0.4) is 0 Å². The predicted octanol–water partition coefficient (Wildman–Crippen LogP) is 0.839. The summed E-state index contributed by atoms with van der Waals surface area (Å²) in [6.45, 7) is 1.89. The fourth-order valence-corrected chi connectivity index (χ4v) is 1.18. The lowest BCUT2D eigenvalue weighted by molar-refractivity contribution is -0.147. The molecule has 0 aromatic rings. The van der Waals surface area contributed by atoms with Crippen LogP contribution in [0.25, 0.3) is 0 Å². The van der Waals surface area contributed by atoms with E-state index in [0.717, 1.165) is 6.42 Å². The summed E-state index contributed by atoms with van der Waals surface area (Å²) in [4.78, 5) is 21.2. The first-order valence-corrected chi connectivity index (χ1v) is 4.54. The molecule has 0 aliphatic heterocycles. The number of aliphatic hydroxyl groups is 1. The lowest BCUT2D eigenvalue weighted by atomic mass is 9.94. The van der Waals surface area contributed by atoms with Crippen molar-refractivity contribution in [2.45, 2.75) is 38.2 Å². The van der Waals surface area contributed by atoms with Crippen molar-refractivity contribution >= 4 is 23.7 Å². The Labute approximate surface area is 82.4 Å². The molecule has 4 nitrogen and oxygen atoms in total. The van der Waals surface area contributed by atoms with E-state index in [2.05, 4.69) is 12.6 Å². The third kappa shape index (κ3) is 4.28. The minimum absolute atomic E-state index is 0.151. The van der Waals surface area contributed by atoms with Crippen molar-refractivity contribution in [1.82, 2.24) is 0 Å². The van der Waals surface area contributed by atoms with Gasteiger partial charge in [0, 0.05) is 0 Å². The minimum atomic E-state index is -1.80. The minimum Gasteiger partial charge on any atom is -0.481 e. The quantitative estimate of drug-likeness (QED) is 0.563. The molecule has 0 spiro atoms. The molecule has 0 saturated heterocycles. The van der Waals surface area contributed by atoms with Crippen molar-refractivity contribution in [2.75, 3.05) is 0 Å². The first-order valence-electron chi connectivity index (χ1n) is 4.10. The summed E-state index contributed by atoms with van der Waals surface area (Å²) in [6.07, 6.45) is 0.979. The molecule has 0 aliphatic rings. The van der Waals surface area contributed by atoms with Crippen molar-refractivity contribution in [3.8, 4) is 0 Å². The average molecular weight is 206 g/mol. The van der Waals surface area contributed by atoms with Crippen LogP contribution in [0, 0.1) is 0 Å².